The summed E-state index contributed by atoms with van der Waals surface area (Å²) in [5.41, 5.74) is 0. The van der Waals surface area contributed by atoms with Crippen LogP contribution in [0.5, 0.6) is 0 Å². The Labute approximate surface area is 115 Å². The van der Waals surface area contributed by atoms with Crippen molar-refractivity contribution in [1.29, 1.82) is 0 Å². The minimum absolute atomic E-state index is 0.316. The molecular weight excluding hydrogens is 288 g/mol. The number of halogens is 2. The van der Waals surface area contributed by atoms with Gasteiger partial charge in [0.15, 0.2) is 11.6 Å². The van der Waals surface area contributed by atoms with Crippen LogP contribution in [0.25, 0.3) is 0 Å². The SMILES string of the molecule is C[C@@H](Cn1cccn1)NS(=O)(=O)c1ccc(F)c(F)c1. The predicted molar refractivity (Wildman–Crippen MR) is 68.4 cm³/mol. The molecule has 1 atom stereocenters. The van der Waals surface area contributed by atoms with Crippen LogP contribution < -0.4 is 4.72 Å². The van der Waals surface area contributed by atoms with Gasteiger partial charge in [-0.2, -0.15) is 5.10 Å². The molecule has 8 heteroatoms. The Kier molecular flexibility index (Phi) is 4.15. The highest BCUT2D eigenvalue weighted by atomic mass is 32.2. The normalized spacial score (nSPS) is 13.3. The summed E-state index contributed by atoms with van der Waals surface area (Å²) < 4.78 is 53.8. The summed E-state index contributed by atoms with van der Waals surface area (Å²) in [4.78, 5) is -0.316. The molecule has 0 radical (unpaired) electrons. The van der Waals surface area contributed by atoms with Gasteiger partial charge in [-0.05, 0) is 31.2 Å². The molecule has 0 spiro atoms. The van der Waals surface area contributed by atoms with Crippen molar-refractivity contribution in [1.82, 2.24) is 14.5 Å². The minimum atomic E-state index is -3.90. The highest BCUT2D eigenvalue weighted by molar-refractivity contribution is 7.89. The van der Waals surface area contributed by atoms with E-state index >= 15 is 0 Å². The summed E-state index contributed by atoms with van der Waals surface area (Å²) in [5.74, 6) is -2.29. The van der Waals surface area contributed by atoms with Crippen LogP contribution in [0.15, 0.2) is 41.6 Å². The largest absolute Gasteiger partial charge is 0.271 e. The number of aromatic nitrogens is 2. The van der Waals surface area contributed by atoms with E-state index in [1.165, 1.54) is 0 Å². The second-order valence-corrected chi connectivity index (χ2v) is 6.04. The molecule has 0 aliphatic rings. The van der Waals surface area contributed by atoms with Crippen molar-refractivity contribution in [3.8, 4) is 0 Å². The van der Waals surface area contributed by atoms with Gasteiger partial charge in [0.1, 0.15) is 0 Å². The lowest BCUT2D eigenvalue weighted by Crippen LogP contribution is -2.35. The van der Waals surface area contributed by atoms with Crippen LogP contribution in [0, 0.1) is 11.6 Å². The molecule has 0 aliphatic heterocycles. The molecule has 0 saturated heterocycles. The van der Waals surface area contributed by atoms with Crippen LogP contribution in [0.1, 0.15) is 6.92 Å². The summed E-state index contributed by atoms with van der Waals surface area (Å²) in [6, 6.07) is 3.71. The first-order valence-electron chi connectivity index (χ1n) is 5.83. The van der Waals surface area contributed by atoms with Crippen LogP contribution in [0.4, 0.5) is 8.78 Å². The van der Waals surface area contributed by atoms with Crippen LogP contribution in [-0.4, -0.2) is 24.2 Å². The zero-order valence-electron chi connectivity index (χ0n) is 10.6. The van der Waals surface area contributed by atoms with Gasteiger partial charge < -0.3 is 0 Å². The van der Waals surface area contributed by atoms with E-state index < -0.39 is 27.7 Å². The molecule has 0 bridgehead atoms. The highest BCUT2D eigenvalue weighted by Crippen LogP contribution is 2.14. The number of benzene rings is 1. The number of sulfonamides is 1. The molecule has 2 rings (SSSR count). The monoisotopic (exact) mass is 301 g/mol. The van der Waals surface area contributed by atoms with E-state index in [0.717, 1.165) is 12.1 Å². The third-order valence-corrected chi connectivity index (χ3v) is 4.17. The molecule has 1 aromatic carbocycles. The molecule has 0 fully saturated rings. The fraction of sp³-hybridized carbons (Fsp3) is 0.250. The van der Waals surface area contributed by atoms with Crippen LogP contribution in [0.3, 0.4) is 0 Å². The number of hydrogen-bond donors (Lipinski definition) is 1. The average Bonchev–Trinajstić information content (AvgIpc) is 2.84. The zero-order valence-corrected chi connectivity index (χ0v) is 11.4. The van der Waals surface area contributed by atoms with E-state index in [9.17, 15) is 17.2 Å². The third kappa shape index (κ3) is 3.40. The van der Waals surface area contributed by atoms with Gasteiger partial charge in [0, 0.05) is 18.4 Å². The Morgan fingerprint density at radius 1 is 1.35 bits per heavy atom. The van der Waals surface area contributed by atoms with Crippen molar-refractivity contribution in [3.63, 3.8) is 0 Å². The van der Waals surface area contributed by atoms with E-state index in [1.54, 1.807) is 30.1 Å². The molecule has 2 aromatic rings. The molecule has 0 unspecified atom stereocenters. The molecule has 108 valence electrons. The smallest absolute Gasteiger partial charge is 0.240 e. The van der Waals surface area contributed by atoms with Gasteiger partial charge in [0.05, 0.1) is 11.4 Å². The molecule has 0 amide bonds. The Morgan fingerprint density at radius 3 is 2.70 bits per heavy atom. The lowest BCUT2D eigenvalue weighted by Gasteiger charge is -2.14. The Balaban J connectivity index is 2.12. The standard InChI is InChI=1S/C12H13F2N3O2S/c1-9(8-17-6-2-5-15-17)16-20(18,19)10-3-4-11(13)12(14)7-10/h2-7,9,16H,8H2,1H3/t9-/m0/s1. The summed E-state index contributed by atoms with van der Waals surface area (Å²) in [6.07, 6.45) is 3.28. The van der Waals surface area contributed by atoms with Crippen molar-refractivity contribution in [2.75, 3.05) is 0 Å². The first-order valence-corrected chi connectivity index (χ1v) is 7.31. The zero-order chi connectivity index (χ0) is 14.8. The van der Waals surface area contributed by atoms with Gasteiger partial charge in [-0.25, -0.2) is 21.9 Å². The lowest BCUT2D eigenvalue weighted by molar-refractivity contribution is 0.490. The van der Waals surface area contributed by atoms with Crippen LogP contribution >= 0.6 is 0 Å². The fourth-order valence-corrected chi connectivity index (χ4v) is 2.95. The summed E-state index contributed by atoms with van der Waals surface area (Å²) in [7, 11) is -3.90. The molecule has 0 aliphatic carbocycles. The summed E-state index contributed by atoms with van der Waals surface area (Å²) >= 11 is 0. The van der Waals surface area contributed by atoms with E-state index in [0.29, 0.717) is 12.6 Å². The van der Waals surface area contributed by atoms with Gasteiger partial charge in [-0.1, -0.05) is 0 Å². The number of hydrogen-bond acceptors (Lipinski definition) is 3. The molecule has 1 aromatic heterocycles. The average molecular weight is 301 g/mol. The summed E-state index contributed by atoms with van der Waals surface area (Å²) in [5, 5.41) is 3.96. The summed E-state index contributed by atoms with van der Waals surface area (Å²) in [6.45, 7) is 1.98. The molecule has 5 nitrogen and oxygen atoms in total. The van der Waals surface area contributed by atoms with E-state index in [4.69, 9.17) is 0 Å². The van der Waals surface area contributed by atoms with Crippen molar-refractivity contribution in [2.24, 2.45) is 0 Å². The first-order chi connectivity index (χ1) is 9.38. The second-order valence-electron chi connectivity index (χ2n) is 4.33. The quantitative estimate of drug-likeness (QED) is 0.911. The lowest BCUT2D eigenvalue weighted by atomic mass is 10.3. The van der Waals surface area contributed by atoms with Crippen molar-refractivity contribution >= 4 is 10.0 Å². The van der Waals surface area contributed by atoms with Gasteiger partial charge in [-0.15, -0.1) is 0 Å². The van der Waals surface area contributed by atoms with Gasteiger partial charge in [0.2, 0.25) is 10.0 Å². The Bertz CT molecular complexity index is 687. The molecule has 0 saturated carbocycles. The van der Waals surface area contributed by atoms with Gasteiger partial charge >= 0.3 is 0 Å². The van der Waals surface area contributed by atoms with E-state index in [2.05, 4.69) is 9.82 Å². The number of nitrogens with zero attached hydrogens (tertiary/aromatic N) is 2. The molecule has 20 heavy (non-hydrogen) atoms. The maximum absolute atomic E-state index is 13.1. The van der Waals surface area contributed by atoms with Crippen molar-refractivity contribution < 1.29 is 17.2 Å². The maximum Gasteiger partial charge on any atom is 0.240 e. The molecule has 1 N–H and O–H groups in total. The fourth-order valence-electron chi connectivity index (χ4n) is 1.70. The van der Waals surface area contributed by atoms with E-state index in [1.807, 2.05) is 0 Å². The first kappa shape index (κ1) is 14.6. The Morgan fingerprint density at radius 2 is 2.10 bits per heavy atom. The van der Waals surface area contributed by atoms with Crippen LogP contribution in [0.2, 0.25) is 0 Å². The maximum atomic E-state index is 13.1. The predicted octanol–water partition coefficient (Wildman–Crippen LogP) is 1.53. The highest BCUT2D eigenvalue weighted by Gasteiger charge is 2.19. The van der Waals surface area contributed by atoms with Gasteiger partial charge in [-0.3, -0.25) is 4.68 Å². The number of nitrogens with one attached hydrogen (secondary N) is 1. The molecular formula is C12H13F2N3O2S. The molecule has 1 heterocycles. The Hall–Kier alpha value is -1.80. The van der Waals surface area contributed by atoms with E-state index in [-0.39, 0.29) is 4.90 Å². The van der Waals surface area contributed by atoms with Gasteiger partial charge in [0.25, 0.3) is 0 Å². The minimum Gasteiger partial charge on any atom is -0.271 e. The van der Waals surface area contributed by atoms with Crippen molar-refractivity contribution in [2.45, 2.75) is 24.4 Å². The number of rotatable bonds is 5. The third-order valence-electron chi connectivity index (χ3n) is 2.58. The second kappa shape index (κ2) is 5.68. The topological polar surface area (TPSA) is 64.0 Å². The van der Waals surface area contributed by atoms with Crippen LogP contribution in [-0.2, 0) is 16.6 Å². The van der Waals surface area contributed by atoms with Crippen molar-refractivity contribution in [3.05, 3.63) is 48.3 Å².